The summed E-state index contributed by atoms with van der Waals surface area (Å²) in [5.74, 6) is 2.09. The first kappa shape index (κ1) is 19.8. The molecule has 1 atom stereocenters. The van der Waals surface area contributed by atoms with Gasteiger partial charge in [-0.15, -0.1) is 0 Å². The molecule has 3 rings (SSSR count). The Labute approximate surface area is 166 Å². The van der Waals surface area contributed by atoms with Crippen molar-refractivity contribution in [1.82, 2.24) is 15.5 Å². The second-order valence-electron chi connectivity index (χ2n) is 7.20. The number of rotatable bonds is 6. The van der Waals surface area contributed by atoms with E-state index >= 15 is 0 Å². The Balaban J connectivity index is 1.37. The number of benzene rings is 1. The van der Waals surface area contributed by atoms with Crippen LogP contribution in [-0.4, -0.2) is 56.1 Å². The molecule has 0 spiro atoms. The van der Waals surface area contributed by atoms with E-state index in [2.05, 4.69) is 15.6 Å². The number of carbonyl (C=O) groups excluding carboxylic acids is 1. The van der Waals surface area contributed by atoms with Crippen molar-refractivity contribution in [2.75, 3.05) is 33.3 Å². The number of likely N-dealkylation sites (tertiary alicyclic amines) is 1. The normalized spacial score (nSPS) is 20.7. The van der Waals surface area contributed by atoms with Crippen LogP contribution in [-0.2, 0) is 4.79 Å². The van der Waals surface area contributed by atoms with E-state index in [4.69, 9.17) is 16.3 Å². The van der Waals surface area contributed by atoms with Gasteiger partial charge in [0.2, 0.25) is 5.91 Å². The van der Waals surface area contributed by atoms with Crippen LogP contribution in [0.5, 0.6) is 5.75 Å². The topological polar surface area (TPSA) is 66.0 Å². The van der Waals surface area contributed by atoms with Crippen molar-refractivity contribution in [3.63, 3.8) is 0 Å². The fourth-order valence-electron chi connectivity index (χ4n) is 3.79. The number of halogens is 1. The molecular formula is C20H29ClN4O2. The zero-order chi connectivity index (χ0) is 19.1. The summed E-state index contributed by atoms with van der Waals surface area (Å²) in [6.45, 7) is 2.73. The Morgan fingerprint density at radius 3 is 2.89 bits per heavy atom. The smallest absolute Gasteiger partial charge is 0.225 e. The van der Waals surface area contributed by atoms with Crippen LogP contribution in [0, 0.1) is 5.92 Å². The van der Waals surface area contributed by atoms with Gasteiger partial charge in [-0.3, -0.25) is 9.79 Å². The molecule has 1 aromatic rings. The summed E-state index contributed by atoms with van der Waals surface area (Å²) in [5, 5.41) is 7.34. The van der Waals surface area contributed by atoms with E-state index in [1.165, 1.54) is 12.8 Å². The SMILES string of the molecule is CN=C(NCCOc1cccc(Cl)c1)NC1CCN(C(=O)C2CCCC2)C1. The van der Waals surface area contributed by atoms with E-state index in [9.17, 15) is 4.79 Å². The quantitative estimate of drug-likeness (QED) is 0.444. The molecule has 1 heterocycles. The minimum Gasteiger partial charge on any atom is -0.492 e. The maximum Gasteiger partial charge on any atom is 0.225 e. The fraction of sp³-hybridized carbons (Fsp3) is 0.600. The highest BCUT2D eigenvalue weighted by molar-refractivity contribution is 6.30. The highest BCUT2D eigenvalue weighted by Crippen LogP contribution is 2.27. The predicted octanol–water partition coefficient (Wildman–Crippen LogP) is 2.67. The Morgan fingerprint density at radius 2 is 2.15 bits per heavy atom. The van der Waals surface area contributed by atoms with Crippen LogP contribution in [0.15, 0.2) is 29.3 Å². The van der Waals surface area contributed by atoms with E-state index in [1.807, 2.05) is 23.1 Å². The van der Waals surface area contributed by atoms with Crippen LogP contribution in [0.3, 0.4) is 0 Å². The Bertz CT molecular complexity index is 661. The molecule has 1 unspecified atom stereocenters. The van der Waals surface area contributed by atoms with Gasteiger partial charge in [0.1, 0.15) is 12.4 Å². The molecule has 7 heteroatoms. The lowest BCUT2D eigenvalue weighted by Crippen LogP contribution is -2.46. The molecule has 1 saturated heterocycles. The second-order valence-corrected chi connectivity index (χ2v) is 7.64. The number of guanidine groups is 1. The van der Waals surface area contributed by atoms with Gasteiger partial charge in [-0.25, -0.2) is 0 Å². The van der Waals surface area contributed by atoms with Crippen LogP contribution in [0.2, 0.25) is 5.02 Å². The van der Waals surface area contributed by atoms with Crippen molar-refractivity contribution in [2.24, 2.45) is 10.9 Å². The number of aliphatic imine (C=N–C) groups is 1. The summed E-state index contributed by atoms with van der Waals surface area (Å²) in [6, 6.07) is 7.61. The van der Waals surface area contributed by atoms with Gasteiger partial charge in [-0.1, -0.05) is 30.5 Å². The lowest BCUT2D eigenvalue weighted by molar-refractivity contribution is -0.134. The summed E-state index contributed by atoms with van der Waals surface area (Å²) in [7, 11) is 1.75. The van der Waals surface area contributed by atoms with E-state index in [0.717, 1.165) is 44.1 Å². The molecule has 0 aromatic heterocycles. The first-order chi connectivity index (χ1) is 13.2. The molecule has 0 radical (unpaired) electrons. The molecule has 1 aliphatic heterocycles. The third kappa shape index (κ3) is 5.76. The summed E-state index contributed by atoms with van der Waals surface area (Å²) in [4.78, 5) is 18.8. The van der Waals surface area contributed by atoms with Gasteiger partial charge in [0.05, 0.1) is 6.54 Å². The van der Waals surface area contributed by atoms with Crippen molar-refractivity contribution in [1.29, 1.82) is 0 Å². The maximum absolute atomic E-state index is 12.5. The molecule has 1 amide bonds. The minimum absolute atomic E-state index is 0.246. The lowest BCUT2D eigenvalue weighted by atomic mass is 10.1. The monoisotopic (exact) mass is 392 g/mol. The van der Waals surface area contributed by atoms with Gasteiger partial charge in [-0.2, -0.15) is 0 Å². The first-order valence-corrected chi connectivity index (χ1v) is 10.2. The zero-order valence-corrected chi connectivity index (χ0v) is 16.7. The zero-order valence-electron chi connectivity index (χ0n) is 15.9. The number of hydrogen-bond acceptors (Lipinski definition) is 3. The number of hydrogen-bond donors (Lipinski definition) is 2. The summed E-state index contributed by atoms with van der Waals surface area (Å²) in [5.41, 5.74) is 0. The standard InChI is InChI=1S/C20H29ClN4O2/c1-22-20(23-10-12-27-18-8-4-7-16(21)13-18)24-17-9-11-25(14-17)19(26)15-5-2-3-6-15/h4,7-8,13,15,17H,2-3,5-6,9-12,14H2,1H3,(H2,22,23,24). The first-order valence-electron chi connectivity index (χ1n) is 9.80. The summed E-state index contributed by atoms with van der Waals surface area (Å²) >= 11 is 5.95. The van der Waals surface area contributed by atoms with Crippen molar-refractivity contribution in [3.8, 4) is 5.75 Å². The van der Waals surface area contributed by atoms with Crippen LogP contribution in [0.1, 0.15) is 32.1 Å². The third-order valence-electron chi connectivity index (χ3n) is 5.23. The van der Waals surface area contributed by atoms with E-state index < -0.39 is 0 Å². The molecule has 2 fully saturated rings. The molecule has 1 aromatic carbocycles. The van der Waals surface area contributed by atoms with Gasteiger partial charge >= 0.3 is 0 Å². The largest absolute Gasteiger partial charge is 0.492 e. The van der Waals surface area contributed by atoms with Crippen molar-refractivity contribution >= 4 is 23.5 Å². The number of nitrogens with one attached hydrogen (secondary N) is 2. The fourth-order valence-corrected chi connectivity index (χ4v) is 3.97. The molecule has 0 bridgehead atoms. The van der Waals surface area contributed by atoms with Gasteiger partial charge in [0.15, 0.2) is 5.96 Å². The van der Waals surface area contributed by atoms with Gasteiger partial charge < -0.3 is 20.3 Å². The molecule has 148 valence electrons. The molecule has 2 aliphatic rings. The highest BCUT2D eigenvalue weighted by atomic mass is 35.5. The van der Waals surface area contributed by atoms with Gasteiger partial charge in [0, 0.05) is 37.1 Å². The number of carbonyl (C=O) groups is 1. The van der Waals surface area contributed by atoms with E-state index in [1.54, 1.807) is 13.1 Å². The third-order valence-corrected chi connectivity index (χ3v) is 5.46. The summed E-state index contributed by atoms with van der Waals surface area (Å²) < 4.78 is 5.67. The van der Waals surface area contributed by atoms with Crippen molar-refractivity contribution in [2.45, 2.75) is 38.1 Å². The van der Waals surface area contributed by atoms with Crippen LogP contribution in [0.4, 0.5) is 0 Å². The Kier molecular flexibility index (Phi) is 7.21. The maximum atomic E-state index is 12.5. The number of nitrogens with zero attached hydrogens (tertiary/aromatic N) is 2. The molecule has 2 N–H and O–H groups in total. The predicted molar refractivity (Wildman–Crippen MR) is 108 cm³/mol. The molecule has 27 heavy (non-hydrogen) atoms. The minimum atomic E-state index is 0.246. The van der Waals surface area contributed by atoms with E-state index in [0.29, 0.717) is 24.1 Å². The van der Waals surface area contributed by atoms with Crippen LogP contribution >= 0.6 is 11.6 Å². The molecule has 1 saturated carbocycles. The number of ether oxygens (including phenoxy) is 1. The highest BCUT2D eigenvalue weighted by Gasteiger charge is 2.32. The summed E-state index contributed by atoms with van der Waals surface area (Å²) in [6.07, 6.45) is 5.46. The average Bonchev–Trinajstić information content (AvgIpc) is 3.36. The Hall–Kier alpha value is -1.95. The molecule has 1 aliphatic carbocycles. The van der Waals surface area contributed by atoms with Crippen molar-refractivity contribution < 1.29 is 9.53 Å². The Morgan fingerprint density at radius 1 is 1.33 bits per heavy atom. The van der Waals surface area contributed by atoms with E-state index in [-0.39, 0.29) is 12.0 Å². The van der Waals surface area contributed by atoms with Crippen LogP contribution < -0.4 is 15.4 Å². The van der Waals surface area contributed by atoms with Gasteiger partial charge in [0.25, 0.3) is 0 Å². The average molecular weight is 393 g/mol. The molecule has 6 nitrogen and oxygen atoms in total. The lowest BCUT2D eigenvalue weighted by Gasteiger charge is -2.21. The van der Waals surface area contributed by atoms with Gasteiger partial charge in [-0.05, 0) is 37.5 Å². The molecular weight excluding hydrogens is 364 g/mol. The van der Waals surface area contributed by atoms with Crippen LogP contribution in [0.25, 0.3) is 0 Å². The van der Waals surface area contributed by atoms with Crippen molar-refractivity contribution in [3.05, 3.63) is 29.3 Å². The number of amides is 1. The second kappa shape index (κ2) is 9.83.